The van der Waals surface area contributed by atoms with Gasteiger partial charge in [0.2, 0.25) is 0 Å². The van der Waals surface area contributed by atoms with Gasteiger partial charge in [-0.3, -0.25) is 0 Å². The highest BCUT2D eigenvalue weighted by atomic mass is 15.2. The first-order valence-corrected chi connectivity index (χ1v) is 20.4. The van der Waals surface area contributed by atoms with Crippen LogP contribution >= 0.6 is 0 Å². The third-order valence-electron chi connectivity index (χ3n) is 13.0. The van der Waals surface area contributed by atoms with Crippen LogP contribution in [0.4, 0.5) is 11.4 Å². The van der Waals surface area contributed by atoms with Gasteiger partial charge in [0.1, 0.15) is 0 Å². The molecule has 9 aromatic carbocycles. The van der Waals surface area contributed by atoms with Crippen LogP contribution in [0.2, 0.25) is 0 Å². The lowest BCUT2D eigenvalue weighted by Gasteiger charge is -2.27. The molecule has 10 aromatic rings. The minimum absolute atomic E-state index is 0.273. The van der Waals surface area contributed by atoms with Crippen molar-refractivity contribution in [3.63, 3.8) is 0 Å². The van der Waals surface area contributed by atoms with Crippen LogP contribution in [0.15, 0.2) is 206 Å². The van der Waals surface area contributed by atoms with E-state index in [0.29, 0.717) is 0 Å². The number of nitrogens with zero attached hydrogens (tertiary/aromatic N) is 2. The third-order valence-corrected chi connectivity index (χ3v) is 13.0. The summed E-state index contributed by atoms with van der Waals surface area (Å²) in [6.45, 7) is 0. The second kappa shape index (κ2) is 12.0. The lowest BCUT2D eigenvalue weighted by molar-refractivity contribution is 0.832. The molecule has 1 aromatic heterocycles. The molecule has 2 heterocycles. The SMILES string of the molecule is C1=C(c2ccc3c4ccccc4n(-c4ccc(-c5ccc6c(c5)-c5cccc7cccc-6c57)cc4)c3c2)CC2C(=C1)N(c1ccccc1)c1c2ccc2ccccc12. The number of fused-ring (bicyclic) bond motifs is 11. The molecule has 58 heavy (non-hydrogen) atoms. The van der Waals surface area contributed by atoms with Gasteiger partial charge in [-0.25, -0.2) is 0 Å². The van der Waals surface area contributed by atoms with Crippen LogP contribution in [-0.4, -0.2) is 4.57 Å². The molecule has 0 amide bonds. The summed E-state index contributed by atoms with van der Waals surface area (Å²) in [5.74, 6) is 0.273. The molecular formula is C56H36N2. The predicted molar refractivity (Wildman–Crippen MR) is 244 cm³/mol. The van der Waals surface area contributed by atoms with E-state index in [1.54, 1.807) is 0 Å². The van der Waals surface area contributed by atoms with Gasteiger partial charge < -0.3 is 9.47 Å². The van der Waals surface area contributed by atoms with Crippen molar-refractivity contribution in [1.29, 1.82) is 0 Å². The van der Waals surface area contributed by atoms with Crippen molar-refractivity contribution < 1.29 is 0 Å². The number of aromatic nitrogens is 1. The number of allylic oxidation sites excluding steroid dienone is 4. The number of hydrogen-bond acceptors (Lipinski definition) is 1. The number of anilines is 2. The van der Waals surface area contributed by atoms with Crippen molar-refractivity contribution in [2.24, 2.45) is 0 Å². The predicted octanol–water partition coefficient (Wildman–Crippen LogP) is 15.0. The van der Waals surface area contributed by atoms with E-state index in [4.69, 9.17) is 0 Å². The molecule has 0 fully saturated rings. The Hall–Kier alpha value is -7.42. The second-order valence-electron chi connectivity index (χ2n) is 16.0. The molecule has 2 aliphatic carbocycles. The molecule has 270 valence electrons. The highest BCUT2D eigenvalue weighted by molar-refractivity contribution is 6.16. The summed E-state index contributed by atoms with van der Waals surface area (Å²) in [5, 5.41) is 7.80. The minimum Gasteiger partial charge on any atom is -0.313 e. The van der Waals surface area contributed by atoms with E-state index in [2.05, 4.69) is 210 Å². The molecule has 2 nitrogen and oxygen atoms in total. The molecular weight excluding hydrogens is 701 g/mol. The van der Waals surface area contributed by atoms with Gasteiger partial charge in [-0.15, -0.1) is 0 Å². The van der Waals surface area contributed by atoms with Gasteiger partial charge >= 0.3 is 0 Å². The third kappa shape index (κ3) is 4.49. The van der Waals surface area contributed by atoms with Crippen molar-refractivity contribution in [3.8, 4) is 39.1 Å². The zero-order chi connectivity index (χ0) is 37.9. The van der Waals surface area contributed by atoms with Crippen LogP contribution in [0.1, 0.15) is 23.5 Å². The standard InChI is InChI=1S/C56H36N2/c1-2-13-41(14-3-1)58-53-31-25-39(33-51(53)49-30-22-36-10-4-5-15-43(36)56(49)58)40-24-29-46-45-16-6-7-19-52(45)57(54(46)34-40)42-26-20-35(21-27-42)38-23-28-44-47-17-8-11-37-12-9-18-48(55(37)47)50(44)32-38/h1-32,34,51H,33H2. The van der Waals surface area contributed by atoms with E-state index < -0.39 is 0 Å². The molecule has 1 atom stereocenters. The van der Waals surface area contributed by atoms with Gasteiger partial charge in [0.15, 0.2) is 0 Å². The summed E-state index contributed by atoms with van der Waals surface area (Å²) < 4.78 is 2.46. The Morgan fingerprint density at radius 1 is 0.414 bits per heavy atom. The van der Waals surface area contributed by atoms with Crippen LogP contribution in [0.25, 0.3) is 88.0 Å². The van der Waals surface area contributed by atoms with Gasteiger partial charge in [0.05, 0.1) is 16.7 Å². The largest absolute Gasteiger partial charge is 0.313 e. The summed E-state index contributed by atoms with van der Waals surface area (Å²) in [6.07, 6.45) is 5.69. The fourth-order valence-corrected chi connectivity index (χ4v) is 10.4. The second-order valence-corrected chi connectivity index (χ2v) is 16.0. The maximum Gasteiger partial charge on any atom is 0.0575 e. The Morgan fingerprint density at radius 3 is 1.98 bits per heavy atom. The van der Waals surface area contributed by atoms with E-state index in [1.165, 1.54) is 116 Å². The van der Waals surface area contributed by atoms with Crippen LogP contribution in [-0.2, 0) is 0 Å². The summed E-state index contributed by atoms with van der Waals surface area (Å²) in [5.41, 5.74) is 19.3. The Labute approximate surface area is 336 Å². The van der Waals surface area contributed by atoms with E-state index in [1.807, 2.05) is 0 Å². The normalized spacial score (nSPS) is 15.2. The zero-order valence-electron chi connectivity index (χ0n) is 31.7. The average Bonchev–Trinajstić information content (AvgIpc) is 3.93. The van der Waals surface area contributed by atoms with Gasteiger partial charge in [-0.05, 0) is 121 Å². The smallest absolute Gasteiger partial charge is 0.0575 e. The summed E-state index contributed by atoms with van der Waals surface area (Å²) >= 11 is 0. The van der Waals surface area contributed by atoms with Crippen molar-refractivity contribution in [1.82, 2.24) is 4.57 Å². The van der Waals surface area contributed by atoms with Crippen LogP contribution < -0.4 is 4.90 Å². The van der Waals surface area contributed by atoms with E-state index in [-0.39, 0.29) is 5.92 Å². The summed E-state index contributed by atoms with van der Waals surface area (Å²) in [7, 11) is 0. The van der Waals surface area contributed by atoms with Crippen molar-refractivity contribution >= 4 is 60.3 Å². The first-order chi connectivity index (χ1) is 28.8. The molecule has 0 radical (unpaired) electrons. The quantitative estimate of drug-likeness (QED) is 0.175. The Morgan fingerprint density at radius 2 is 1.12 bits per heavy atom. The first kappa shape index (κ1) is 31.7. The van der Waals surface area contributed by atoms with Gasteiger partial charge in [0, 0.05) is 39.1 Å². The maximum absolute atomic E-state index is 2.50. The van der Waals surface area contributed by atoms with Crippen LogP contribution in [0.5, 0.6) is 0 Å². The first-order valence-electron chi connectivity index (χ1n) is 20.4. The Balaban J connectivity index is 0.899. The molecule has 0 saturated heterocycles. The molecule has 3 aliphatic rings. The molecule has 0 bridgehead atoms. The lowest BCUT2D eigenvalue weighted by Crippen LogP contribution is -2.15. The van der Waals surface area contributed by atoms with Crippen LogP contribution in [0.3, 0.4) is 0 Å². The highest BCUT2D eigenvalue weighted by Gasteiger charge is 2.37. The topological polar surface area (TPSA) is 8.17 Å². The van der Waals surface area contributed by atoms with E-state index in [0.717, 1.165) is 6.42 Å². The lowest BCUT2D eigenvalue weighted by atomic mass is 9.84. The molecule has 2 heteroatoms. The van der Waals surface area contributed by atoms with Crippen molar-refractivity contribution in [3.05, 3.63) is 217 Å². The van der Waals surface area contributed by atoms with Gasteiger partial charge in [0.25, 0.3) is 0 Å². The van der Waals surface area contributed by atoms with E-state index >= 15 is 0 Å². The van der Waals surface area contributed by atoms with Gasteiger partial charge in [-0.2, -0.15) is 0 Å². The van der Waals surface area contributed by atoms with Crippen LogP contribution in [0, 0.1) is 0 Å². The highest BCUT2D eigenvalue weighted by Crippen LogP contribution is 2.55. The fourth-order valence-electron chi connectivity index (χ4n) is 10.4. The van der Waals surface area contributed by atoms with E-state index in [9.17, 15) is 0 Å². The monoisotopic (exact) mass is 736 g/mol. The van der Waals surface area contributed by atoms with Gasteiger partial charge in [-0.1, -0.05) is 152 Å². The average molecular weight is 737 g/mol. The fraction of sp³-hybridized carbons (Fsp3) is 0.0357. The van der Waals surface area contributed by atoms with Crippen molar-refractivity contribution in [2.45, 2.75) is 12.3 Å². The van der Waals surface area contributed by atoms with Crippen molar-refractivity contribution in [2.75, 3.05) is 4.90 Å². The molecule has 1 unspecified atom stereocenters. The minimum atomic E-state index is 0.273. The Bertz CT molecular complexity index is 3410. The number of hydrogen-bond donors (Lipinski definition) is 0. The molecule has 0 saturated carbocycles. The number of benzene rings is 9. The number of para-hydroxylation sites is 2. The Kier molecular flexibility index (Phi) is 6.59. The zero-order valence-corrected chi connectivity index (χ0v) is 31.7. The molecule has 13 rings (SSSR count). The summed E-state index contributed by atoms with van der Waals surface area (Å²) in [4.78, 5) is 2.50. The maximum atomic E-state index is 2.50. The molecule has 0 N–H and O–H groups in total. The molecule has 1 aliphatic heterocycles. The summed E-state index contributed by atoms with van der Waals surface area (Å²) in [6, 6.07) is 69.8. The number of rotatable bonds is 4. The molecule has 0 spiro atoms.